The van der Waals surface area contributed by atoms with Gasteiger partial charge in [0.25, 0.3) is 0 Å². The fourth-order valence-electron chi connectivity index (χ4n) is 2.28. The van der Waals surface area contributed by atoms with Crippen LogP contribution in [0.4, 0.5) is 10.5 Å². The number of ether oxygens (including phenoxy) is 1. The Morgan fingerprint density at radius 2 is 1.95 bits per heavy atom. The second-order valence-corrected chi connectivity index (χ2v) is 5.30. The number of amides is 1. The molecule has 0 unspecified atom stereocenters. The number of anilines is 1. The molecular formula is C16H21NO2. The van der Waals surface area contributed by atoms with E-state index in [0.717, 1.165) is 18.5 Å². The highest BCUT2D eigenvalue weighted by atomic mass is 16.6. The molecular weight excluding hydrogens is 238 g/mol. The molecule has 2 atom stereocenters. The molecule has 1 aliphatic rings. The van der Waals surface area contributed by atoms with Gasteiger partial charge < -0.3 is 4.74 Å². The summed E-state index contributed by atoms with van der Waals surface area (Å²) in [7, 11) is 0. The Bertz CT molecular complexity index is 439. The first kappa shape index (κ1) is 13.7. The lowest BCUT2D eigenvalue weighted by Gasteiger charge is -2.25. The highest BCUT2D eigenvalue weighted by Gasteiger charge is 2.20. The summed E-state index contributed by atoms with van der Waals surface area (Å²) < 4.78 is 5.39. The summed E-state index contributed by atoms with van der Waals surface area (Å²) in [5.74, 6) is 1.26. The Labute approximate surface area is 114 Å². The summed E-state index contributed by atoms with van der Waals surface area (Å²) in [5, 5.41) is 2.73. The molecule has 0 fully saturated rings. The van der Waals surface area contributed by atoms with Gasteiger partial charge in [-0.25, -0.2) is 4.79 Å². The average molecular weight is 259 g/mol. The zero-order chi connectivity index (χ0) is 13.7. The van der Waals surface area contributed by atoms with Gasteiger partial charge in [0.1, 0.15) is 6.10 Å². The van der Waals surface area contributed by atoms with Crippen LogP contribution in [-0.2, 0) is 4.74 Å². The summed E-state index contributed by atoms with van der Waals surface area (Å²) in [4.78, 5) is 11.7. The molecule has 19 heavy (non-hydrogen) atoms. The van der Waals surface area contributed by atoms with Gasteiger partial charge in [0, 0.05) is 5.69 Å². The molecule has 1 aliphatic carbocycles. The van der Waals surface area contributed by atoms with Gasteiger partial charge in [-0.2, -0.15) is 0 Å². The molecule has 0 radical (unpaired) electrons. The first-order chi connectivity index (χ1) is 9.15. The molecule has 2 rings (SSSR count). The third-order valence-corrected chi connectivity index (χ3v) is 3.49. The molecule has 0 aromatic heterocycles. The van der Waals surface area contributed by atoms with Crippen molar-refractivity contribution in [1.29, 1.82) is 0 Å². The van der Waals surface area contributed by atoms with Crippen LogP contribution >= 0.6 is 0 Å². The molecule has 0 saturated carbocycles. The molecule has 3 heteroatoms. The first-order valence-corrected chi connectivity index (χ1v) is 6.86. The maximum absolute atomic E-state index is 11.7. The van der Waals surface area contributed by atoms with E-state index in [1.165, 1.54) is 0 Å². The molecule has 1 aromatic carbocycles. The smallest absolute Gasteiger partial charge is 0.412 e. The van der Waals surface area contributed by atoms with Crippen LogP contribution in [0.15, 0.2) is 42.5 Å². The molecule has 0 spiro atoms. The number of benzene rings is 1. The number of nitrogens with one attached hydrogen (secondary N) is 1. The lowest BCUT2D eigenvalue weighted by atomic mass is 9.86. The summed E-state index contributed by atoms with van der Waals surface area (Å²) in [6.07, 6.45) is 5.69. The Balaban J connectivity index is 1.82. The highest BCUT2D eigenvalue weighted by molar-refractivity contribution is 5.84. The Morgan fingerprint density at radius 3 is 2.53 bits per heavy atom. The van der Waals surface area contributed by atoms with Gasteiger partial charge in [0.15, 0.2) is 0 Å². The van der Waals surface area contributed by atoms with Crippen LogP contribution in [0.25, 0.3) is 0 Å². The maximum atomic E-state index is 11.7. The van der Waals surface area contributed by atoms with E-state index in [1.807, 2.05) is 36.4 Å². The Kier molecular flexibility index (Phi) is 4.61. The van der Waals surface area contributed by atoms with E-state index in [-0.39, 0.29) is 12.2 Å². The zero-order valence-electron chi connectivity index (χ0n) is 11.5. The fraction of sp³-hybridized carbons (Fsp3) is 0.438. The van der Waals surface area contributed by atoms with Crippen molar-refractivity contribution in [3.05, 3.63) is 42.5 Å². The number of allylic oxidation sites excluding steroid dienone is 1. The van der Waals surface area contributed by atoms with Crippen LogP contribution in [0, 0.1) is 11.8 Å². The van der Waals surface area contributed by atoms with Gasteiger partial charge in [0.2, 0.25) is 0 Å². The predicted octanol–water partition coefficient (Wildman–Crippen LogP) is 4.23. The van der Waals surface area contributed by atoms with Crippen LogP contribution in [0.5, 0.6) is 0 Å². The second kappa shape index (κ2) is 6.41. The number of hydrogen-bond donors (Lipinski definition) is 1. The highest BCUT2D eigenvalue weighted by Crippen LogP contribution is 2.25. The fourth-order valence-corrected chi connectivity index (χ4v) is 2.28. The van der Waals surface area contributed by atoms with Crippen molar-refractivity contribution in [3.8, 4) is 0 Å². The van der Waals surface area contributed by atoms with Crippen molar-refractivity contribution in [2.45, 2.75) is 32.8 Å². The zero-order valence-corrected chi connectivity index (χ0v) is 11.5. The van der Waals surface area contributed by atoms with Gasteiger partial charge in [-0.15, -0.1) is 0 Å². The van der Waals surface area contributed by atoms with Crippen molar-refractivity contribution in [2.24, 2.45) is 11.8 Å². The maximum Gasteiger partial charge on any atom is 0.412 e. The molecule has 1 aromatic rings. The number of carbonyl (C=O) groups is 1. The molecule has 102 valence electrons. The van der Waals surface area contributed by atoms with Gasteiger partial charge in [-0.05, 0) is 42.9 Å². The number of para-hydroxylation sites is 1. The number of carbonyl (C=O) groups excluding carboxylic acids is 1. The van der Waals surface area contributed by atoms with E-state index in [1.54, 1.807) is 0 Å². The van der Waals surface area contributed by atoms with Crippen LogP contribution < -0.4 is 5.32 Å². The van der Waals surface area contributed by atoms with Crippen LogP contribution in [-0.4, -0.2) is 12.2 Å². The van der Waals surface area contributed by atoms with Crippen molar-refractivity contribution >= 4 is 11.8 Å². The summed E-state index contributed by atoms with van der Waals surface area (Å²) in [6.45, 7) is 4.44. The van der Waals surface area contributed by atoms with E-state index >= 15 is 0 Å². The molecule has 0 saturated heterocycles. The molecule has 0 bridgehead atoms. The van der Waals surface area contributed by atoms with Gasteiger partial charge in [0.05, 0.1) is 0 Å². The number of hydrogen-bond acceptors (Lipinski definition) is 2. The van der Waals surface area contributed by atoms with Gasteiger partial charge in [-0.3, -0.25) is 5.32 Å². The largest absolute Gasteiger partial charge is 0.442 e. The van der Waals surface area contributed by atoms with Gasteiger partial charge >= 0.3 is 6.09 Å². The molecule has 1 N–H and O–H groups in total. The molecule has 3 nitrogen and oxygen atoms in total. The Hall–Kier alpha value is -1.77. The minimum atomic E-state index is -0.385. The minimum absolute atomic E-state index is 0.0984. The Morgan fingerprint density at radius 1 is 1.21 bits per heavy atom. The molecule has 0 heterocycles. The molecule has 0 aliphatic heterocycles. The summed E-state index contributed by atoms with van der Waals surface area (Å²) >= 11 is 0. The summed E-state index contributed by atoms with van der Waals surface area (Å²) in [6, 6.07) is 9.35. The topological polar surface area (TPSA) is 38.3 Å². The quantitative estimate of drug-likeness (QED) is 0.825. The van der Waals surface area contributed by atoms with E-state index in [0.29, 0.717) is 11.8 Å². The first-order valence-electron chi connectivity index (χ1n) is 6.86. The standard InChI is InChI=1S/C16H21NO2/c1-12(2)13-8-10-15(11-9-13)19-16(18)17-14-6-4-3-5-7-14/h3-8,10,12-13,15H,9,11H2,1-2H3,(H,17,18)/t13-,15-/m1/s1. The third kappa shape index (κ3) is 4.12. The predicted molar refractivity (Wildman–Crippen MR) is 77.0 cm³/mol. The average Bonchev–Trinajstić information content (AvgIpc) is 2.40. The van der Waals surface area contributed by atoms with Crippen molar-refractivity contribution in [3.63, 3.8) is 0 Å². The van der Waals surface area contributed by atoms with E-state index < -0.39 is 0 Å². The van der Waals surface area contributed by atoms with Gasteiger partial charge in [-0.1, -0.05) is 38.1 Å². The van der Waals surface area contributed by atoms with E-state index in [2.05, 4.69) is 25.2 Å². The van der Waals surface area contributed by atoms with Crippen molar-refractivity contribution in [1.82, 2.24) is 0 Å². The van der Waals surface area contributed by atoms with Crippen molar-refractivity contribution in [2.75, 3.05) is 5.32 Å². The van der Waals surface area contributed by atoms with E-state index in [9.17, 15) is 4.79 Å². The van der Waals surface area contributed by atoms with Crippen LogP contribution in [0.2, 0.25) is 0 Å². The monoisotopic (exact) mass is 259 g/mol. The molecule has 1 amide bonds. The third-order valence-electron chi connectivity index (χ3n) is 3.49. The SMILES string of the molecule is CC(C)[C@@H]1C=C[C@@H](OC(=O)Nc2ccccc2)CC1. The van der Waals surface area contributed by atoms with Crippen molar-refractivity contribution < 1.29 is 9.53 Å². The van der Waals surface area contributed by atoms with Crippen LogP contribution in [0.1, 0.15) is 26.7 Å². The lowest BCUT2D eigenvalue weighted by molar-refractivity contribution is 0.121. The summed E-state index contributed by atoms with van der Waals surface area (Å²) in [5.41, 5.74) is 0.757. The van der Waals surface area contributed by atoms with E-state index in [4.69, 9.17) is 4.74 Å². The normalized spacial score (nSPS) is 22.3. The second-order valence-electron chi connectivity index (χ2n) is 5.30. The lowest BCUT2D eigenvalue weighted by Crippen LogP contribution is -2.24. The number of rotatable bonds is 3. The minimum Gasteiger partial charge on any atom is -0.442 e. The van der Waals surface area contributed by atoms with Crippen LogP contribution in [0.3, 0.4) is 0 Å².